The summed E-state index contributed by atoms with van der Waals surface area (Å²) in [5, 5.41) is 20.7. The number of carbonyl (C=O) groups is 1. The second-order valence-corrected chi connectivity index (χ2v) is 5.18. The molecule has 0 aliphatic carbocycles. The fourth-order valence-corrected chi connectivity index (χ4v) is 2.45. The van der Waals surface area contributed by atoms with E-state index in [2.05, 4.69) is 31.0 Å². The molecule has 2 heterocycles. The Bertz CT molecular complexity index is 753. The maximum atomic E-state index is 11.8. The van der Waals surface area contributed by atoms with Crippen LogP contribution in [0.1, 0.15) is 0 Å². The van der Waals surface area contributed by atoms with Crippen molar-refractivity contribution in [1.29, 1.82) is 0 Å². The number of urea groups is 1. The van der Waals surface area contributed by atoms with Crippen LogP contribution in [0.15, 0.2) is 36.7 Å². The number of benzene rings is 1. The highest BCUT2D eigenvalue weighted by Crippen LogP contribution is 2.27. The Kier molecular flexibility index (Phi) is 3.97. The van der Waals surface area contributed by atoms with Crippen LogP contribution in [0.4, 0.5) is 15.6 Å². The van der Waals surface area contributed by atoms with Crippen LogP contribution in [0.2, 0.25) is 0 Å². The summed E-state index contributed by atoms with van der Waals surface area (Å²) in [5.41, 5.74) is 1.47. The number of nitrogens with one attached hydrogen (secondary N) is 3. The maximum Gasteiger partial charge on any atom is 0.325 e. The molecule has 3 aromatic rings. The highest BCUT2D eigenvalue weighted by Gasteiger charge is 2.10. The third kappa shape index (κ3) is 3.20. The Labute approximate surface area is 129 Å². The molecule has 9 heteroatoms. The van der Waals surface area contributed by atoms with Gasteiger partial charge in [0.15, 0.2) is 0 Å². The zero-order chi connectivity index (χ0) is 15.4. The minimum atomic E-state index is -0.404. The van der Waals surface area contributed by atoms with Gasteiger partial charge in [-0.1, -0.05) is 11.3 Å². The molecule has 0 aliphatic rings. The molecule has 2 aromatic heterocycles. The lowest BCUT2D eigenvalue weighted by molar-refractivity contribution is 0.262. The first-order chi connectivity index (χ1) is 10.7. The molecule has 8 nitrogen and oxygen atoms in total. The molecule has 0 saturated heterocycles. The third-order valence-electron chi connectivity index (χ3n) is 2.74. The van der Waals surface area contributed by atoms with Gasteiger partial charge < -0.3 is 10.1 Å². The van der Waals surface area contributed by atoms with E-state index in [4.69, 9.17) is 4.74 Å². The summed E-state index contributed by atoms with van der Waals surface area (Å²) in [7, 11) is 1.61. The van der Waals surface area contributed by atoms with E-state index < -0.39 is 6.03 Å². The van der Waals surface area contributed by atoms with E-state index in [9.17, 15) is 4.79 Å². The van der Waals surface area contributed by atoms with E-state index in [-0.39, 0.29) is 0 Å². The number of nitrogens with zero attached hydrogens (tertiary/aromatic N) is 3. The van der Waals surface area contributed by atoms with Crippen LogP contribution in [0, 0.1) is 0 Å². The summed E-state index contributed by atoms with van der Waals surface area (Å²) >= 11 is 1.28. The van der Waals surface area contributed by atoms with E-state index in [1.165, 1.54) is 17.5 Å². The molecule has 0 radical (unpaired) electrons. The van der Waals surface area contributed by atoms with Gasteiger partial charge in [0.2, 0.25) is 5.13 Å². The average Bonchev–Trinajstić information content (AvgIpc) is 3.19. The fraction of sp³-hybridized carbons (Fsp3) is 0.0769. The summed E-state index contributed by atoms with van der Waals surface area (Å²) in [6.07, 6.45) is 3.07. The second-order valence-electron chi connectivity index (χ2n) is 4.21. The van der Waals surface area contributed by atoms with Crippen molar-refractivity contribution in [2.45, 2.75) is 0 Å². The van der Waals surface area contributed by atoms with Gasteiger partial charge in [0, 0.05) is 11.8 Å². The Morgan fingerprint density at radius 2 is 2.05 bits per heavy atom. The highest BCUT2D eigenvalue weighted by atomic mass is 32.1. The zero-order valence-electron chi connectivity index (χ0n) is 11.5. The molecule has 112 valence electrons. The second kappa shape index (κ2) is 6.22. The number of rotatable bonds is 4. The molecule has 3 N–H and O–H groups in total. The minimum Gasteiger partial charge on any atom is -0.497 e. The van der Waals surface area contributed by atoms with Crippen LogP contribution in [-0.2, 0) is 0 Å². The lowest BCUT2D eigenvalue weighted by Gasteiger charge is -2.01. The topological polar surface area (TPSA) is 105 Å². The quantitative estimate of drug-likeness (QED) is 0.686. The van der Waals surface area contributed by atoms with Crippen molar-refractivity contribution in [3.8, 4) is 16.3 Å². The monoisotopic (exact) mass is 316 g/mol. The molecule has 0 atom stereocenters. The smallest absolute Gasteiger partial charge is 0.325 e. The summed E-state index contributed by atoms with van der Waals surface area (Å²) in [6.45, 7) is 0. The third-order valence-corrected chi connectivity index (χ3v) is 3.63. The number of aromatic nitrogens is 4. The standard InChI is InChI=1S/C13H12N6O2S/c1-21-10-4-2-8(3-5-10)11-18-19-13(22-11)17-12(20)16-9-6-14-15-7-9/h2-7H,1H3,(H,14,15)(H2,16,17,19,20). The normalized spacial score (nSPS) is 10.2. The van der Waals surface area contributed by atoms with Crippen LogP contribution >= 0.6 is 11.3 Å². The number of anilines is 2. The first-order valence-corrected chi connectivity index (χ1v) is 7.11. The van der Waals surface area contributed by atoms with Crippen molar-refractivity contribution in [2.24, 2.45) is 0 Å². The van der Waals surface area contributed by atoms with Gasteiger partial charge >= 0.3 is 6.03 Å². The van der Waals surface area contributed by atoms with Gasteiger partial charge in [-0.3, -0.25) is 10.4 Å². The molecule has 0 saturated carbocycles. The minimum absolute atomic E-state index is 0.404. The Morgan fingerprint density at radius 3 is 2.73 bits per heavy atom. The van der Waals surface area contributed by atoms with Crippen molar-refractivity contribution >= 4 is 28.2 Å². The molecule has 0 fully saturated rings. The van der Waals surface area contributed by atoms with Gasteiger partial charge in [0.25, 0.3) is 0 Å². The van der Waals surface area contributed by atoms with Crippen LogP contribution < -0.4 is 15.4 Å². The molecule has 22 heavy (non-hydrogen) atoms. The Morgan fingerprint density at radius 1 is 1.23 bits per heavy atom. The van der Waals surface area contributed by atoms with E-state index in [1.54, 1.807) is 13.3 Å². The van der Waals surface area contributed by atoms with Crippen molar-refractivity contribution < 1.29 is 9.53 Å². The number of hydrogen-bond acceptors (Lipinski definition) is 6. The molecule has 0 unspecified atom stereocenters. The van der Waals surface area contributed by atoms with E-state index in [0.717, 1.165) is 11.3 Å². The number of aromatic amines is 1. The SMILES string of the molecule is COc1ccc(-c2nnc(NC(=O)Nc3cn[nH]c3)s2)cc1. The number of methoxy groups -OCH3 is 1. The van der Waals surface area contributed by atoms with Gasteiger partial charge in [0.1, 0.15) is 10.8 Å². The highest BCUT2D eigenvalue weighted by molar-refractivity contribution is 7.18. The van der Waals surface area contributed by atoms with Gasteiger partial charge in [-0.05, 0) is 24.3 Å². The summed E-state index contributed by atoms with van der Waals surface area (Å²) < 4.78 is 5.11. The lowest BCUT2D eigenvalue weighted by Crippen LogP contribution is -2.18. The van der Waals surface area contributed by atoms with Gasteiger partial charge in [-0.2, -0.15) is 5.10 Å². The maximum absolute atomic E-state index is 11.8. The van der Waals surface area contributed by atoms with Crippen molar-refractivity contribution in [3.05, 3.63) is 36.7 Å². The van der Waals surface area contributed by atoms with E-state index in [0.29, 0.717) is 15.8 Å². The molecular weight excluding hydrogens is 304 g/mol. The van der Waals surface area contributed by atoms with Crippen LogP contribution in [0.3, 0.4) is 0 Å². The Balaban J connectivity index is 1.66. The van der Waals surface area contributed by atoms with Gasteiger partial charge in [-0.25, -0.2) is 4.79 Å². The number of ether oxygens (including phenoxy) is 1. The number of hydrogen-bond donors (Lipinski definition) is 3. The molecular formula is C13H12N6O2S. The van der Waals surface area contributed by atoms with Crippen LogP contribution in [0.5, 0.6) is 5.75 Å². The molecule has 1 aromatic carbocycles. The number of carbonyl (C=O) groups excluding carboxylic acids is 1. The van der Waals surface area contributed by atoms with Gasteiger partial charge in [-0.15, -0.1) is 10.2 Å². The molecule has 2 amide bonds. The van der Waals surface area contributed by atoms with E-state index in [1.807, 2.05) is 24.3 Å². The first kappa shape index (κ1) is 14.0. The molecule has 3 rings (SSSR count). The van der Waals surface area contributed by atoms with Crippen molar-refractivity contribution in [2.75, 3.05) is 17.7 Å². The Hall–Kier alpha value is -2.94. The number of H-pyrrole nitrogens is 1. The molecule has 0 spiro atoms. The predicted octanol–water partition coefficient (Wildman–Crippen LogP) is 2.58. The van der Waals surface area contributed by atoms with Crippen LogP contribution in [0.25, 0.3) is 10.6 Å². The van der Waals surface area contributed by atoms with Gasteiger partial charge in [0.05, 0.1) is 19.0 Å². The summed E-state index contributed by atoms with van der Waals surface area (Å²) in [4.78, 5) is 11.8. The molecule has 0 aliphatic heterocycles. The molecule has 0 bridgehead atoms. The summed E-state index contributed by atoms with van der Waals surface area (Å²) in [5.74, 6) is 0.770. The fourth-order valence-electron chi connectivity index (χ4n) is 1.70. The first-order valence-electron chi connectivity index (χ1n) is 6.29. The van der Waals surface area contributed by atoms with Crippen LogP contribution in [-0.4, -0.2) is 33.5 Å². The predicted molar refractivity (Wildman–Crippen MR) is 83.1 cm³/mol. The van der Waals surface area contributed by atoms with Crippen molar-refractivity contribution in [1.82, 2.24) is 20.4 Å². The average molecular weight is 316 g/mol. The number of amides is 2. The lowest BCUT2D eigenvalue weighted by atomic mass is 10.2. The van der Waals surface area contributed by atoms with Crippen molar-refractivity contribution in [3.63, 3.8) is 0 Å². The largest absolute Gasteiger partial charge is 0.497 e. The van der Waals surface area contributed by atoms with E-state index >= 15 is 0 Å². The zero-order valence-corrected chi connectivity index (χ0v) is 12.3. The summed E-state index contributed by atoms with van der Waals surface area (Å²) in [6, 6.07) is 7.05.